The zero-order valence-electron chi connectivity index (χ0n) is 11.6. The molecule has 0 radical (unpaired) electrons. The van der Waals surface area contributed by atoms with Gasteiger partial charge >= 0.3 is 6.09 Å². The number of carbonyl (C=O) groups is 1. The van der Waals surface area contributed by atoms with Gasteiger partial charge in [-0.05, 0) is 33.6 Å². The molecule has 1 aliphatic heterocycles. The second kappa shape index (κ2) is 3.95. The Morgan fingerprint density at radius 2 is 2.16 bits per heavy atom. The first-order valence-corrected chi connectivity index (χ1v) is 6.70. The van der Waals surface area contributed by atoms with E-state index in [9.17, 15) is 4.79 Å². The zero-order valence-corrected chi connectivity index (χ0v) is 11.6. The van der Waals surface area contributed by atoms with Crippen LogP contribution in [0.15, 0.2) is 6.33 Å². The van der Waals surface area contributed by atoms with Gasteiger partial charge in [0.15, 0.2) is 0 Å². The number of hydrogen-bond donors (Lipinski definition) is 1. The Morgan fingerprint density at radius 3 is 2.68 bits per heavy atom. The van der Waals surface area contributed by atoms with Crippen LogP contribution in [-0.2, 0) is 4.74 Å². The molecule has 1 aliphatic carbocycles. The number of aromatic amines is 1. The molecule has 1 aromatic rings. The van der Waals surface area contributed by atoms with Crippen LogP contribution in [0.5, 0.6) is 0 Å². The molecule has 1 spiro atoms. The van der Waals surface area contributed by atoms with Crippen LogP contribution in [0.25, 0.3) is 0 Å². The van der Waals surface area contributed by atoms with Crippen molar-refractivity contribution in [3.63, 3.8) is 0 Å². The summed E-state index contributed by atoms with van der Waals surface area (Å²) in [6.07, 6.45) is 3.53. The average Bonchev–Trinajstić information content (AvgIpc) is 2.62. The van der Waals surface area contributed by atoms with E-state index in [1.807, 2.05) is 20.8 Å². The molecule has 0 atom stereocenters. The summed E-state index contributed by atoms with van der Waals surface area (Å²) in [5.74, 6) is 1.45. The molecule has 1 aromatic heterocycles. The number of nitrogens with one attached hydrogen (secondary N) is 1. The van der Waals surface area contributed by atoms with Gasteiger partial charge in [0.25, 0.3) is 0 Å². The number of likely N-dealkylation sites (tertiary alicyclic amines) is 1. The van der Waals surface area contributed by atoms with E-state index >= 15 is 0 Å². The SMILES string of the molecule is CC(C)(C)OC(=O)N1CC2(CC(c3ncn[nH]3)C2)C1. The number of rotatable bonds is 1. The lowest BCUT2D eigenvalue weighted by molar-refractivity contribution is -0.0797. The minimum atomic E-state index is -0.415. The van der Waals surface area contributed by atoms with E-state index in [-0.39, 0.29) is 6.09 Å². The normalized spacial score (nSPS) is 21.9. The highest BCUT2D eigenvalue weighted by molar-refractivity contribution is 5.69. The molecule has 19 heavy (non-hydrogen) atoms. The highest BCUT2D eigenvalue weighted by Crippen LogP contribution is 2.55. The third kappa shape index (κ3) is 2.31. The molecule has 1 saturated heterocycles. The Bertz CT molecular complexity index is 463. The minimum Gasteiger partial charge on any atom is -0.444 e. The lowest BCUT2D eigenvalue weighted by Gasteiger charge is -2.58. The van der Waals surface area contributed by atoms with Crippen molar-refractivity contribution in [2.75, 3.05) is 13.1 Å². The molecule has 0 unspecified atom stereocenters. The van der Waals surface area contributed by atoms with Crippen LogP contribution in [-0.4, -0.2) is 44.9 Å². The Labute approximate surface area is 112 Å². The Morgan fingerprint density at radius 1 is 1.47 bits per heavy atom. The fourth-order valence-electron chi connectivity index (χ4n) is 3.07. The van der Waals surface area contributed by atoms with Crippen molar-refractivity contribution in [2.45, 2.75) is 45.1 Å². The van der Waals surface area contributed by atoms with Crippen LogP contribution in [0.4, 0.5) is 4.79 Å². The van der Waals surface area contributed by atoms with Gasteiger partial charge < -0.3 is 9.64 Å². The molecule has 2 heterocycles. The van der Waals surface area contributed by atoms with Crippen molar-refractivity contribution in [2.24, 2.45) is 5.41 Å². The molecule has 0 bridgehead atoms. The fourth-order valence-corrected chi connectivity index (χ4v) is 3.07. The average molecular weight is 264 g/mol. The van der Waals surface area contributed by atoms with Crippen LogP contribution in [0.2, 0.25) is 0 Å². The second-order valence-electron chi connectivity index (χ2n) is 6.81. The molecule has 6 heteroatoms. The predicted molar refractivity (Wildman–Crippen MR) is 68.6 cm³/mol. The van der Waals surface area contributed by atoms with E-state index in [4.69, 9.17) is 4.74 Å². The van der Waals surface area contributed by atoms with E-state index in [1.165, 1.54) is 0 Å². The second-order valence-corrected chi connectivity index (χ2v) is 6.81. The quantitative estimate of drug-likeness (QED) is 0.841. The number of nitrogens with zero attached hydrogens (tertiary/aromatic N) is 3. The Balaban J connectivity index is 1.48. The fraction of sp³-hybridized carbons (Fsp3) is 0.769. The molecule has 0 aromatic carbocycles. The Hall–Kier alpha value is -1.59. The largest absolute Gasteiger partial charge is 0.444 e. The van der Waals surface area contributed by atoms with Crippen molar-refractivity contribution < 1.29 is 9.53 Å². The van der Waals surface area contributed by atoms with Crippen LogP contribution >= 0.6 is 0 Å². The van der Waals surface area contributed by atoms with Gasteiger partial charge in [0.1, 0.15) is 17.8 Å². The van der Waals surface area contributed by atoms with Crippen molar-refractivity contribution in [3.05, 3.63) is 12.2 Å². The first-order chi connectivity index (χ1) is 8.87. The molecule has 6 nitrogen and oxygen atoms in total. The molecule has 1 saturated carbocycles. The zero-order chi connectivity index (χ0) is 13.7. The van der Waals surface area contributed by atoms with E-state index in [0.29, 0.717) is 11.3 Å². The Kier molecular flexibility index (Phi) is 2.59. The van der Waals surface area contributed by atoms with Gasteiger partial charge in [0, 0.05) is 24.4 Å². The van der Waals surface area contributed by atoms with Gasteiger partial charge in [-0.2, -0.15) is 5.10 Å². The highest BCUT2D eigenvalue weighted by Gasteiger charge is 2.55. The summed E-state index contributed by atoms with van der Waals surface area (Å²) in [6, 6.07) is 0. The summed E-state index contributed by atoms with van der Waals surface area (Å²) in [5.41, 5.74) is -0.115. The standard InChI is InChI=1S/C13H20N4O2/c1-12(2,3)19-11(18)17-6-13(7-17)4-9(5-13)10-14-8-15-16-10/h8-9H,4-7H2,1-3H3,(H,14,15,16). The molecular weight excluding hydrogens is 244 g/mol. The van der Waals surface area contributed by atoms with Crippen molar-refractivity contribution in [3.8, 4) is 0 Å². The topological polar surface area (TPSA) is 71.1 Å². The number of ether oxygens (including phenoxy) is 1. The summed E-state index contributed by atoms with van der Waals surface area (Å²) < 4.78 is 5.36. The maximum Gasteiger partial charge on any atom is 0.410 e. The molecule has 2 aliphatic rings. The maximum atomic E-state index is 11.9. The van der Waals surface area contributed by atoms with Gasteiger partial charge in [-0.25, -0.2) is 9.78 Å². The number of carbonyl (C=O) groups excluding carboxylic acids is 1. The molecular formula is C13H20N4O2. The van der Waals surface area contributed by atoms with Crippen molar-refractivity contribution >= 4 is 6.09 Å². The molecule has 2 fully saturated rings. The van der Waals surface area contributed by atoms with Crippen molar-refractivity contribution in [1.29, 1.82) is 0 Å². The smallest absolute Gasteiger partial charge is 0.410 e. The summed E-state index contributed by atoms with van der Waals surface area (Å²) in [5, 5.41) is 6.80. The van der Waals surface area contributed by atoms with Crippen LogP contribution < -0.4 is 0 Å². The third-order valence-electron chi connectivity index (χ3n) is 3.88. The lowest BCUT2D eigenvalue weighted by atomic mass is 9.57. The first kappa shape index (κ1) is 12.4. The summed E-state index contributed by atoms with van der Waals surface area (Å²) in [6.45, 7) is 7.30. The first-order valence-electron chi connectivity index (χ1n) is 6.70. The van der Waals surface area contributed by atoms with Gasteiger partial charge in [0.05, 0.1) is 0 Å². The van der Waals surface area contributed by atoms with Crippen molar-refractivity contribution in [1.82, 2.24) is 20.1 Å². The third-order valence-corrected chi connectivity index (χ3v) is 3.88. The summed E-state index contributed by atoms with van der Waals surface area (Å²) in [7, 11) is 0. The maximum absolute atomic E-state index is 11.9. The number of hydrogen-bond acceptors (Lipinski definition) is 4. The minimum absolute atomic E-state index is 0.193. The monoisotopic (exact) mass is 264 g/mol. The highest BCUT2D eigenvalue weighted by atomic mass is 16.6. The molecule has 1 amide bonds. The molecule has 3 rings (SSSR count). The van der Waals surface area contributed by atoms with Crippen LogP contribution in [0.3, 0.4) is 0 Å². The number of amides is 1. The number of aromatic nitrogens is 3. The lowest BCUT2D eigenvalue weighted by Crippen LogP contribution is -2.63. The molecule has 104 valence electrons. The van der Waals surface area contributed by atoms with E-state index in [2.05, 4.69) is 15.2 Å². The van der Waals surface area contributed by atoms with Gasteiger partial charge in [-0.3, -0.25) is 5.10 Å². The molecule has 1 N–H and O–H groups in total. The van der Waals surface area contributed by atoms with Gasteiger partial charge in [-0.1, -0.05) is 0 Å². The van der Waals surface area contributed by atoms with Crippen LogP contribution in [0, 0.1) is 5.41 Å². The predicted octanol–water partition coefficient (Wildman–Crippen LogP) is 1.92. The van der Waals surface area contributed by atoms with Crippen LogP contribution in [0.1, 0.15) is 45.4 Å². The number of H-pyrrole nitrogens is 1. The van der Waals surface area contributed by atoms with Gasteiger partial charge in [0.2, 0.25) is 0 Å². The summed E-state index contributed by atoms with van der Waals surface area (Å²) in [4.78, 5) is 17.8. The van der Waals surface area contributed by atoms with E-state index in [1.54, 1.807) is 11.2 Å². The van der Waals surface area contributed by atoms with E-state index < -0.39 is 5.60 Å². The summed E-state index contributed by atoms with van der Waals surface area (Å²) >= 11 is 0. The van der Waals surface area contributed by atoms with Gasteiger partial charge in [-0.15, -0.1) is 0 Å². The van der Waals surface area contributed by atoms with E-state index in [0.717, 1.165) is 31.8 Å².